The summed E-state index contributed by atoms with van der Waals surface area (Å²) < 4.78 is 111. The Kier molecular flexibility index (Phi) is 6.44. The molecule has 2 aliphatic rings. The van der Waals surface area contributed by atoms with Crippen molar-refractivity contribution in [3.63, 3.8) is 0 Å². The van der Waals surface area contributed by atoms with E-state index in [0.717, 1.165) is 0 Å². The van der Waals surface area contributed by atoms with Crippen molar-refractivity contribution in [2.75, 3.05) is 27.1 Å². The fourth-order valence-electron chi connectivity index (χ4n) is 4.63. The van der Waals surface area contributed by atoms with E-state index in [4.69, 9.17) is 0 Å². The summed E-state index contributed by atoms with van der Waals surface area (Å²) in [6.45, 7) is 2.00. The highest BCUT2D eigenvalue weighted by Crippen LogP contribution is 2.63. The van der Waals surface area contributed by atoms with Crippen molar-refractivity contribution < 1.29 is 44.9 Å². The normalized spacial score (nSPS) is 34.4. The van der Waals surface area contributed by atoms with Crippen molar-refractivity contribution in [1.29, 1.82) is 0 Å². The number of fused-ring (bicyclic) bond motifs is 2. The smallest absolute Gasteiger partial charge is 0.382 e. The molecular weight excluding hydrogens is 385 g/mol. The molecule has 0 N–H and O–H groups in total. The van der Waals surface area contributed by atoms with Crippen molar-refractivity contribution in [3.05, 3.63) is 0 Å². The van der Waals surface area contributed by atoms with Crippen LogP contribution in [0.15, 0.2) is 0 Å². The fourth-order valence-corrected chi connectivity index (χ4v) is 4.63. The van der Waals surface area contributed by atoms with Gasteiger partial charge in [-0.1, -0.05) is 13.8 Å². The van der Waals surface area contributed by atoms with Crippen LogP contribution in [0.2, 0.25) is 0 Å². The lowest BCUT2D eigenvalue weighted by molar-refractivity contribution is -0.402. The van der Waals surface area contributed by atoms with Crippen LogP contribution in [0.25, 0.3) is 0 Å². The molecule has 27 heavy (non-hydrogen) atoms. The molecule has 0 heterocycles. The largest absolute Gasteiger partial charge is 0.426 e. The van der Waals surface area contributed by atoms with Gasteiger partial charge >= 0.3 is 12.4 Å². The number of rotatable bonds is 8. The summed E-state index contributed by atoms with van der Waals surface area (Å²) in [5, 5.41) is 0. The van der Waals surface area contributed by atoms with E-state index in [1.165, 1.54) is 7.11 Å². The Bertz CT molecular complexity index is 492. The average Bonchev–Trinajstić information content (AvgIpc) is 2.99. The fraction of sp³-hybridized carbons (Fsp3) is 1.00. The summed E-state index contributed by atoms with van der Waals surface area (Å²) in [6.07, 6.45) is -13.5. The number of halogens is 7. The van der Waals surface area contributed by atoms with Gasteiger partial charge in [0.05, 0.1) is 13.2 Å². The highest BCUT2D eigenvalue weighted by atomic mass is 19.4. The summed E-state index contributed by atoms with van der Waals surface area (Å²) in [4.78, 5) is 0. The summed E-state index contributed by atoms with van der Waals surface area (Å²) in [6, 6.07) is 0. The molecule has 0 amide bonds. The van der Waals surface area contributed by atoms with Gasteiger partial charge in [-0.25, -0.2) is 4.39 Å². The SMILES string of the molecule is COCCOCOC(CC1(F)CC2CC1C(C)C2C)(C(F)(F)F)C(F)(F)F. The Morgan fingerprint density at radius 3 is 2.00 bits per heavy atom. The second-order valence-corrected chi connectivity index (χ2v) is 7.72. The lowest BCUT2D eigenvalue weighted by Crippen LogP contribution is -2.63. The summed E-state index contributed by atoms with van der Waals surface area (Å²) >= 11 is 0. The van der Waals surface area contributed by atoms with E-state index in [0.29, 0.717) is 6.42 Å². The lowest BCUT2D eigenvalue weighted by Gasteiger charge is -2.44. The standard InChI is InChI=1S/C17H25F7O3/c1-10-11(2)13-6-12(10)7-14(13,18)8-15(16(19,20)21,17(22,23)24)27-9-26-5-4-25-3/h10-13H,4-9H2,1-3H3. The molecule has 2 bridgehead atoms. The van der Waals surface area contributed by atoms with Crippen molar-refractivity contribution in [1.82, 2.24) is 0 Å². The second kappa shape index (κ2) is 7.67. The zero-order chi connectivity index (χ0) is 20.7. The molecule has 160 valence electrons. The number of alkyl halides is 7. The van der Waals surface area contributed by atoms with Gasteiger partial charge in [0.1, 0.15) is 12.5 Å². The molecule has 0 aromatic carbocycles. The van der Waals surface area contributed by atoms with E-state index in [-0.39, 0.29) is 37.4 Å². The molecule has 5 atom stereocenters. The summed E-state index contributed by atoms with van der Waals surface area (Å²) in [5.74, 6) is -1.28. The van der Waals surface area contributed by atoms with Gasteiger partial charge in [-0.3, -0.25) is 0 Å². The third-order valence-electron chi connectivity index (χ3n) is 6.31. The van der Waals surface area contributed by atoms with E-state index in [2.05, 4.69) is 14.2 Å². The summed E-state index contributed by atoms with van der Waals surface area (Å²) in [5.41, 5.74) is -7.20. The maximum absolute atomic E-state index is 15.5. The first-order valence-electron chi connectivity index (χ1n) is 8.82. The van der Waals surface area contributed by atoms with Crippen LogP contribution in [0.1, 0.15) is 33.1 Å². The summed E-state index contributed by atoms with van der Waals surface area (Å²) in [7, 11) is 1.30. The van der Waals surface area contributed by atoms with Crippen LogP contribution in [0, 0.1) is 23.7 Å². The number of ether oxygens (including phenoxy) is 3. The van der Waals surface area contributed by atoms with Crippen LogP contribution in [0.3, 0.4) is 0 Å². The number of hydrogen-bond donors (Lipinski definition) is 0. The minimum absolute atomic E-state index is 0.0272. The average molecular weight is 410 g/mol. The van der Waals surface area contributed by atoms with Gasteiger partial charge < -0.3 is 14.2 Å². The Balaban J connectivity index is 2.27. The van der Waals surface area contributed by atoms with E-state index in [1.807, 2.05) is 6.92 Å². The van der Waals surface area contributed by atoms with Gasteiger partial charge in [-0.05, 0) is 36.5 Å². The Morgan fingerprint density at radius 1 is 0.963 bits per heavy atom. The molecule has 0 saturated heterocycles. The van der Waals surface area contributed by atoms with Gasteiger partial charge in [0.15, 0.2) is 0 Å². The van der Waals surface area contributed by atoms with Crippen LogP contribution in [-0.4, -0.2) is 50.7 Å². The molecule has 3 nitrogen and oxygen atoms in total. The van der Waals surface area contributed by atoms with Gasteiger partial charge in [0.2, 0.25) is 0 Å². The maximum Gasteiger partial charge on any atom is 0.426 e. The zero-order valence-corrected chi connectivity index (χ0v) is 15.4. The van der Waals surface area contributed by atoms with Gasteiger partial charge in [-0.15, -0.1) is 0 Å². The van der Waals surface area contributed by atoms with E-state index < -0.39 is 42.8 Å². The Labute approximate surface area is 153 Å². The Hall–Kier alpha value is -0.610. The molecule has 0 aromatic heterocycles. The second-order valence-electron chi connectivity index (χ2n) is 7.72. The van der Waals surface area contributed by atoms with Crippen LogP contribution >= 0.6 is 0 Å². The third-order valence-corrected chi connectivity index (χ3v) is 6.31. The monoisotopic (exact) mass is 410 g/mol. The molecule has 0 aliphatic heterocycles. The first-order chi connectivity index (χ1) is 12.3. The molecule has 2 saturated carbocycles. The quantitative estimate of drug-likeness (QED) is 0.324. The van der Waals surface area contributed by atoms with Crippen molar-refractivity contribution in [2.45, 2.75) is 56.7 Å². The van der Waals surface area contributed by atoms with Gasteiger partial charge in [-0.2, -0.15) is 26.3 Å². The van der Waals surface area contributed by atoms with Crippen LogP contribution < -0.4 is 0 Å². The molecule has 0 spiro atoms. The van der Waals surface area contributed by atoms with Crippen LogP contribution in [0.5, 0.6) is 0 Å². The first kappa shape index (κ1) is 22.7. The van der Waals surface area contributed by atoms with E-state index in [9.17, 15) is 26.3 Å². The number of hydrogen-bond acceptors (Lipinski definition) is 3. The highest BCUT2D eigenvalue weighted by Gasteiger charge is 2.76. The minimum Gasteiger partial charge on any atom is -0.382 e. The molecule has 10 heteroatoms. The molecule has 0 radical (unpaired) electrons. The molecule has 0 aromatic rings. The molecular formula is C17H25F7O3. The van der Waals surface area contributed by atoms with Crippen molar-refractivity contribution in [3.8, 4) is 0 Å². The lowest BCUT2D eigenvalue weighted by atomic mass is 9.69. The first-order valence-corrected chi connectivity index (χ1v) is 8.82. The van der Waals surface area contributed by atoms with Gasteiger partial charge in [0, 0.05) is 13.5 Å². The third kappa shape index (κ3) is 4.07. The molecule has 5 unspecified atom stereocenters. The van der Waals surface area contributed by atoms with Crippen LogP contribution in [-0.2, 0) is 14.2 Å². The van der Waals surface area contributed by atoms with Crippen molar-refractivity contribution in [2.24, 2.45) is 23.7 Å². The molecule has 2 rings (SSSR count). The Morgan fingerprint density at radius 2 is 1.56 bits per heavy atom. The van der Waals surface area contributed by atoms with Crippen LogP contribution in [0.4, 0.5) is 30.7 Å². The van der Waals surface area contributed by atoms with Gasteiger partial charge in [0.25, 0.3) is 5.60 Å². The predicted octanol–water partition coefficient (Wildman–Crippen LogP) is 4.90. The number of methoxy groups -OCH3 is 1. The van der Waals surface area contributed by atoms with E-state index >= 15 is 4.39 Å². The topological polar surface area (TPSA) is 27.7 Å². The maximum atomic E-state index is 15.5. The van der Waals surface area contributed by atoms with Crippen molar-refractivity contribution >= 4 is 0 Å². The zero-order valence-electron chi connectivity index (χ0n) is 15.4. The molecule has 2 aliphatic carbocycles. The van der Waals surface area contributed by atoms with E-state index in [1.54, 1.807) is 6.92 Å². The predicted molar refractivity (Wildman–Crippen MR) is 81.6 cm³/mol. The minimum atomic E-state index is -5.84. The highest BCUT2D eigenvalue weighted by molar-refractivity contribution is 5.12. The molecule has 2 fully saturated rings.